The number of carbonyl (C=O) groups is 1. The Morgan fingerprint density at radius 2 is 1.77 bits per heavy atom. The van der Waals surface area contributed by atoms with Crippen LogP contribution in [0.1, 0.15) is 22.0 Å². The number of ketones is 1. The Hall–Kier alpha value is -3.73. The van der Waals surface area contributed by atoms with Gasteiger partial charge in [0.05, 0.1) is 13.2 Å². The van der Waals surface area contributed by atoms with Gasteiger partial charge < -0.3 is 44.8 Å². The Morgan fingerprint density at radius 3 is 2.49 bits per heavy atom. The van der Waals surface area contributed by atoms with Crippen molar-refractivity contribution in [2.45, 2.75) is 24.4 Å². The van der Waals surface area contributed by atoms with Crippen LogP contribution in [0.15, 0.2) is 53.8 Å². The molecule has 1 aliphatic carbocycles. The number of Topliss-reactive ketones (excluding diaryl/α,β-unsaturated/α-hetero) is 1. The highest BCUT2D eigenvalue weighted by Crippen LogP contribution is 2.49. The van der Waals surface area contributed by atoms with Crippen molar-refractivity contribution in [1.29, 1.82) is 0 Å². The highest BCUT2D eigenvalue weighted by molar-refractivity contribution is 6.05. The van der Waals surface area contributed by atoms with Gasteiger partial charge in [-0.05, 0) is 29.3 Å². The summed E-state index contributed by atoms with van der Waals surface area (Å²) >= 11 is 0. The largest absolute Gasteiger partial charge is 0.510 e. The molecule has 10 nitrogen and oxygen atoms in total. The number of aliphatic hydroxyl groups is 3. The molecule has 35 heavy (non-hydrogen) atoms. The minimum atomic E-state index is -1.68. The van der Waals surface area contributed by atoms with Crippen LogP contribution in [-0.2, 0) is 4.74 Å². The van der Waals surface area contributed by atoms with Gasteiger partial charge in [-0.25, -0.2) is 0 Å². The molecular weight excluding hydrogens is 460 g/mol. The summed E-state index contributed by atoms with van der Waals surface area (Å²) in [4.78, 5) is 12.8. The third-order valence-corrected chi connectivity index (χ3v) is 6.71. The van der Waals surface area contributed by atoms with Crippen molar-refractivity contribution in [2.75, 3.05) is 13.7 Å². The number of ether oxygens (including phenoxy) is 3. The lowest BCUT2D eigenvalue weighted by atomic mass is 9.79. The van der Waals surface area contributed by atoms with E-state index in [1.165, 1.54) is 19.3 Å². The second-order valence-corrected chi connectivity index (χ2v) is 8.75. The number of phenols is 3. The summed E-state index contributed by atoms with van der Waals surface area (Å²) in [6.07, 6.45) is -1.34. The Balaban J connectivity index is 1.50. The molecule has 0 radical (unpaired) electrons. The number of aliphatic hydroxyl groups excluding tert-OH is 3. The van der Waals surface area contributed by atoms with Gasteiger partial charge in [-0.1, -0.05) is 12.1 Å². The van der Waals surface area contributed by atoms with Gasteiger partial charge in [0, 0.05) is 30.6 Å². The maximum absolute atomic E-state index is 12.8. The summed E-state index contributed by atoms with van der Waals surface area (Å²) in [5.74, 6) is -2.78. The smallest absolute Gasteiger partial charge is 0.202 e. The topological polar surface area (TPSA) is 166 Å². The molecular formula is C25H24O10. The molecule has 0 amide bonds. The second-order valence-electron chi connectivity index (χ2n) is 8.75. The third-order valence-electron chi connectivity index (χ3n) is 6.71. The van der Waals surface area contributed by atoms with E-state index in [4.69, 9.17) is 14.2 Å². The van der Waals surface area contributed by atoms with Crippen LogP contribution in [0.3, 0.4) is 0 Å². The molecule has 2 aromatic rings. The van der Waals surface area contributed by atoms with E-state index in [2.05, 4.69) is 0 Å². The van der Waals surface area contributed by atoms with E-state index in [1.807, 2.05) is 0 Å². The van der Waals surface area contributed by atoms with Gasteiger partial charge in [-0.3, -0.25) is 4.79 Å². The molecule has 6 N–H and O–H groups in total. The SMILES string of the molecule is COc1cc([C@@H]2O[C@@H]3C(O)=CC([C@H]4Oc5cc(O)cc(O)c5C(=O)[C@@H]4O)=C[C@@H]3[C@H]2CO)ccc1O. The molecule has 0 unspecified atom stereocenters. The van der Waals surface area contributed by atoms with E-state index >= 15 is 0 Å². The first kappa shape index (κ1) is 23.0. The molecule has 184 valence electrons. The molecule has 5 rings (SSSR count). The van der Waals surface area contributed by atoms with Crippen LogP contribution < -0.4 is 9.47 Å². The molecule has 0 saturated carbocycles. The van der Waals surface area contributed by atoms with Gasteiger partial charge in [-0.15, -0.1) is 0 Å². The summed E-state index contributed by atoms with van der Waals surface area (Å²) in [5.41, 5.74) is 0.664. The van der Waals surface area contributed by atoms with Crippen LogP contribution in [0.2, 0.25) is 0 Å². The molecule has 2 aliphatic heterocycles. The Bertz CT molecular complexity index is 1250. The van der Waals surface area contributed by atoms with Crippen LogP contribution in [0.5, 0.6) is 28.7 Å². The first-order chi connectivity index (χ1) is 16.7. The molecule has 1 fully saturated rings. The zero-order valence-corrected chi connectivity index (χ0v) is 18.5. The van der Waals surface area contributed by atoms with E-state index in [-0.39, 0.29) is 46.5 Å². The highest BCUT2D eigenvalue weighted by Gasteiger charge is 2.49. The Labute approximate surface area is 199 Å². The van der Waals surface area contributed by atoms with Crippen LogP contribution in [-0.4, -0.2) is 68.5 Å². The monoisotopic (exact) mass is 484 g/mol. The average molecular weight is 484 g/mol. The van der Waals surface area contributed by atoms with Gasteiger partial charge in [0.25, 0.3) is 0 Å². The van der Waals surface area contributed by atoms with Gasteiger partial charge in [0.2, 0.25) is 5.78 Å². The van der Waals surface area contributed by atoms with Crippen LogP contribution in [0.25, 0.3) is 0 Å². The van der Waals surface area contributed by atoms with Gasteiger partial charge >= 0.3 is 0 Å². The lowest BCUT2D eigenvalue weighted by Gasteiger charge is -2.33. The number of rotatable bonds is 4. The minimum absolute atomic E-state index is 0.0532. The number of carbonyl (C=O) groups excluding carboxylic acids is 1. The molecule has 3 aliphatic rings. The summed E-state index contributed by atoms with van der Waals surface area (Å²) in [5, 5.41) is 61.4. The molecule has 1 saturated heterocycles. The minimum Gasteiger partial charge on any atom is -0.510 e. The number of hydrogen-bond acceptors (Lipinski definition) is 10. The van der Waals surface area contributed by atoms with E-state index < -0.39 is 47.8 Å². The molecule has 0 bridgehead atoms. The van der Waals surface area contributed by atoms with E-state index in [1.54, 1.807) is 18.2 Å². The first-order valence-electron chi connectivity index (χ1n) is 10.9. The van der Waals surface area contributed by atoms with Crippen molar-refractivity contribution in [3.8, 4) is 28.7 Å². The standard InChI is InChI=1S/C25H24O10/c1-33-18-6-10(2-3-15(18)28)23-14(9-26)13-4-11(5-17(30)25(13)35-23)24-22(32)21(31)20-16(29)7-12(27)8-19(20)34-24/h2-8,13-14,22-30,32H,9H2,1H3/t13-,14-,22+,23+,24-,25+/m1/s1. The third kappa shape index (κ3) is 3.66. The van der Waals surface area contributed by atoms with E-state index in [0.717, 1.165) is 12.1 Å². The highest BCUT2D eigenvalue weighted by atomic mass is 16.5. The summed E-state index contributed by atoms with van der Waals surface area (Å²) in [7, 11) is 1.41. The zero-order chi connectivity index (χ0) is 25.0. The Morgan fingerprint density at radius 1 is 1.00 bits per heavy atom. The molecule has 0 spiro atoms. The molecule has 10 heteroatoms. The van der Waals surface area contributed by atoms with Crippen molar-refractivity contribution in [1.82, 2.24) is 0 Å². The number of methoxy groups -OCH3 is 1. The summed E-state index contributed by atoms with van der Waals surface area (Å²) in [6, 6.07) is 6.81. The van der Waals surface area contributed by atoms with Crippen molar-refractivity contribution < 1.29 is 49.6 Å². The van der Waals surface area contributed by atoms with Gasteiger partial charge in [-0.2, -0.15) is 0 Å². The van der Waals surface area contributed by atoms with Crippen molar-refractivity contribution in [3.63, 3.8) is 0 Å². The maximum Gasteiger partial charge on any atom is 0.202 e. The van der Waals surface area contributed by atoms with Crippen molar-refractivity contribution in [3.05, 3.63) is 64.9 Å². The number of phenolic OH excluding ortho intramolecular Hbond substituents is 3. The number of fused-ring (bicyclic) bond motifs is 2. The fraction of sp³-hybridized carbons (Fsp3) is 0.320. The molecule has 2 aromatic carbocycles. The fourth-order valence-electron chi connectivity index (χ4n) is 5.03. The van der Waals surface area contributed by atoms with Crippen LogP contribution in [0.4, 0.5) is 0 Å². The van der Waals surface area contributed by atoms with Crippen molar-refractivity contribution >= 4 is 5.78 Å². The lowest BCUT2D eigenvalue weighted by molar-refractivity contribution is 0.0202. The van der Waals surface area contributed by atoms with E-state index in [0.29, 0.717) is 5.56 Å². The number of hydrogen-bond donors (Lipinski definition) is 6. The van der Waals surface area contributed by atoms with Gasteiger partial charge in [0.1, 0.15) is 34.7 Å². The van der Waals surface area contributed by atoms with Crippen molar-refractivity contribution in [2.24, 2.45) is 11.8 Å². The molecule has 6 atom stereocenters. The van der Waals surface area contributed by atoms with Crippen LogP contribution in [0, 0.1) is 11.8 Å². The molecule has 2 heterocycles. The molecule has 0 aromatic heterocycles. The second kappa shape index (κ2) is 8.49. The normalized spacial score (nSPS) is 29.5. The summed E-state index contributed by atoms with van der Waals surface area (Å²) in [6.45, 7) is -0.302. The lowest BCUT2D eigenvalue weighted by Crippen LogP contribution is -2.44. The predicted molar refractivity (Wildman–Crippen MR) is 120 cm³/mol. The quantitative estimate of drug-likeness (QED) is 0.377. The van der Waals surface area contributed by atoms with E-state index in [9.17, 15) is 35.4 Å². The number of aromatic hydroxyl groups is 3. The number of benzene rings is 2. The maximum atomic E-state index is 12.8. The fourth-order valence-corrected chi connectivity index (χ4v) is 5.03. The first-order valence-corrected chi connectivity index (χ1v) is 10.9. The zero-order valence-electron chi connectivity index (χ0n) is 18.5. The average Bonchev–Trinajstić information content (AvgIpc) is 3.20. The predicted octanol–water partition coefficient (Wildman–Crippen LogP) is 1.86. The summed E-state index contributed by atoms with van der Waals surface area (Å²) < 4.78 is 17.0. The van der Waals surface area contributed by atoms with Gasteiger partial charge in [0.15, 0.2) is 23.7 Å². The van der Waals surface area contributed by atoms with Crippen LogP contribution >= 0.6 is 0 Å². The Kier molecular flexibility index (Phi) is 5.59.